The van der Waals surface area contributed by atoms with Gasteiger partial charge in [-0.15, -0.1) is 0 Å². The van der Waals surface area contributed by atoms with Gasteiger partial charge in [0, 0.05) is 17.8 Å². The summed E-state index contributed by atoms with van der Waals surface area (Å²) in [6, 6.07) is 6.31. The maximum absolute atomic E-state index is 4.59. The van der Waals surface area contributed by atoms with E-state index in [0.717, 1.165) is 0 Å². The Hall–Kier alpha value is -0.850. The van der Waals surface area contributed by atoms with E-state index in [4.69, 9.17) is 0 Å². The molecule has 0 bridgehead atoms. The summed E-state index contributed by atoms with van der Waals surface area (Å²) in [5.74, 6) is 0.579. The van der Waals surface area contributed by atoms with Crippen LogP contribution in [0.25, 0.3) is 0 Å². The molecule has 0 unspecified atom stereocenters. The second-order valence-electron chi connectivity index (χ2n) is 6.52. The van der Waals surface area contributed by atoms with E-state index in [0.29, 0.717) is 16.7 Å². The largest absolute Gasteiger partial charge is 0.261 e. The van der Waals surface area contributed by atoms with E-state index in [1.807, 2.05) is 12.3 Å². The third-order valence-corrected chi connectivity index (χ3v) is 4.19. The van der Waals surface area contributed by atoms with Crippen molar-refractivity contribution in [2.75, 3.05) is 0 Å². The fraction of sp³-hybridized carbons (Fsp3) is 0.667. The van der Waals surface area contributed by atoms with Crippen LogP contribution in [0.1, 0.15) is 58.6 Å². The first kappa shape index (κ1) is 11.6. The molecule has 16 heavy (non-hydrogen) atoms. The molecule has 0 radical (unpaired) electrons. The Labute approximate surface area is 99.3 Å². The lowest BCUT2D eigenvalue weighted by atomic mass is 9.56. The van der Waals surface area contributed by atoms with Crippen LogP contribution in [0.5, 0.6) is 0 Å². The number of rotatable bonds is 1. The zero-order valence-corrected chi connectivity index (χ0v) is 11.0. The Bertz CT molecular complexity index is 335. The minimum atomic E-state index is 0.371. The summed E-state index contributed by atoms with van der Waals surface area (Å²) in [4.78, 5) is 4.59. The van der Waals surface area contributed by atoms with Crippen molar-refractivity contribution in [3.8, 4) is 0 Å². The van der Waals surface area contributed by atoms with E-state index in [9.17, 15) is 0 Å². The van der Waals surface area contributed by atoms with Gasteiger partial charge in [-0.2, -0.15) is 0 Å². The van der Waals surface area contributed by atoms with Crippen molar-refractivity contribution in [1.29, 1.82) is 0 Å². The van der Waals surface area contributed by atoms with Crippen molar-refractivity contribution in [3.63, 3.8) is 0 Å². The lowest BCUT2D eigenvalue weighted by Crippen LogP contribution is -2.38. The summed E-state index contributed by atoms with van der Waals surface area (Å²) in [5.41, 5.74) is 2.02. The second kappa shape index (κ2) is 3.87. The van der Waals surface area contributed by atoms with Gasteiger partial charge in [-0.05, 0) is 35.8 Å². The summed E-state index contributed by atoms with van der Waals surface area (Å²) in [7, 11) is 0. The topological polar surface area (TPSA) is 12.9 Å². The predicted octanol–water partition coefficient (Wildman–Crippen LogP) is 4.40. The van der Waals surface area contributed by atoms with Gasteiger partial charge in [0.1, 0.15) is 0 Å². The van der Waals surface area contributed by atoms with E-state index in [-0.39, 0.29) is 0 Å². The van der Waals surface area contributed by atoms with Gasteiger partial charge in [-0.3, -0.25) is 4.98 Å². The molecule has 1 heterocycles. The van der Waals surface area contributed by atoms with Gasteiger partial charge in [0.05, 0.1) is 0 Å². The van der Waals surface area contributed by atoms with Crippen molar-refractivity contribution in [3.05, 3.63) is 30.1 Å². The van der Waals surface area contributed by atoms with E-state index in [1.54, 1.807) is 0 Å². The molecule has 0 N–H and O–H groups in total. The van der Waals surface area contributed by atoms with Gasteiger partial charge in [0.15, 0.2) is 0 Å². The van der Waals surface area contributed by atoms with Crippen molar-refractivity contribution < 1.29 is 0 Å². The van der Waals surface area contributed by atoms with Crippen LogP contribution >= 0.6 is 0 Å². The van der Waals surface area contributed by atoms with Crippen LogP contribution in [0, 0.1) is 10.8 Å². The normalized spacial score (nSPS) is 24.2. The molecular weight excluding hydrogens is 194 g/mol. The molecule has 0 saturated heterocycles. The Balaban J connectivity index is 2.41. The van der Waals surface area contributed by atoms with Crippen LogP contribution in [0.15, 0.2) is 24.4 Å². The maximum atomic E-state index is 4.59. The summed E-state index contributed by atoms with van der Waals surface area (Å²) >= 11 is 0. The first-order valence-corrected chi connectivity index (χ1v) is 6.34. The van der Waals surface area contributed by atoms with Crippen LogP contribution in [-0.2, 0) is 0 Å². The SMILES string of the molecule is CC1(C)CCCC(C)(C)C1c1ccccn1. The average molecular weight is 217 g/mol. The number of nitrogens with zero attached hydrogens (tertiary/aromatic N) is 1. The lowest BCUT2D eigenvalue weighted by Gasteiger charge is -2.49. The molecule has 1 saturated carbocycles. The molecule has 0 spiro atoms. The number of hydrogen-bond acceptors (Lipinski definition) is 1. The van der Waals surface area contributed by atoms with Gasteiger partial charge >= 0.3 is 0 Å². The first-order chi connectivity index (χ1) is 7.43. The molecule has 1 aliphatic carbocycles. The summed E-state index contributed by atoms with van der Waals surface area (Å²) < 4.78 is 0. The number of aromatic nitrogens is 1. The van der Waals surface area contributed by atoms with Crippen LogP contribution < -0.4 is 0 Å². The lowest BCUT2D eigenvalue weighted by molar-refractivity contribution is 0.0699. The molecular formula is C15H23N. The standard InChI is InChI=1S/C15H23N/c1-14(2)9-7-10-15(3,4)13(14)12-8-5-6-11-16-12/h5-6,8,11,13H,7,9-10H2,1-4H3. The third-order valence-electron chi connectivity index (χ3n) is 4.19. The minimum Gasteiger partial charge on any atom is -0.261 e. The summed E-state index contributed by atoms with van der Waals surface area (Å²) in [5, 5.41) is 0. The van der Waals surface area contributed by atoms with Gasteiger partial charge in [0.25, 0.3) is 0 Å². The molecule has 1 aromatic rings. The highest BCUT2D eigenvalue weighted by molar-refractivity contribution is 5.17. The molecule has 2 rings (SSSR count). The van der Waals surface area contributed by atoms with Crippen molar-refractivity contribution in [1.82, 2.24) is 4.98 Å². The van der Waals surface area contributed by atoms with E-state index in [1.165, 1.54) is 25.0 Å². The highest BCUT2D eigenvalue weighted by Crippen LogP contribution is 2.55. The Morgan fingerprint density at radius 3 is 2.19 bits per heavy atom. The van der Waals surface area contributed by atoms with Crippen LogP contribution in [-0.4, -0.2) is 4.98 Å². The second-order valence-corrected chi connectivity index (χ2v) is 6.52. The molecule has 0 aliphatic heterocycles. The third kappa shape index (κ3) is 2.00. The zero-order valence-electron chi connectivity index (χ0n) is 11.0. The molecule has 1 aliphatic rings. The zero-order chi connectivity index (χ0) is 11.8. The highest BCUT2D eigenvalue weighted by Gasteiger charge is 2.45. The van der Waals surface area contributed by atoms with Gasteiger partial charge < -0.3 is 0 Å². The first-order valence-electron chi connectivity index (χ1n) is 6.34. The fourth-order valence-electron chi connectivity index (χ4n) is 3.69. The van der Waals surface area contributed by atoms with Crippen molar-refractivity contribution in [2.24, 2.45) is 10.8 Å². The number of hydrogen-bond donors (Lipinski definition) is 0. The quantitative estimate of drug-likeness (QED) is 0.679. The molecule has 0 atom stereocenters. The van der Waals surface area contributed by atoms with Gasteiger partial charge in [-0.1, -0.05) is 40.2 Å². The molecule has 1 nitrogen and oxygen atoms in total. The molecule has 88 valence electrons. The Kier molecular flexibility index (Phi) is 2.81. The van der Waals surface area contributed by atoms with E-state index >= 15 is 0 Å². The van der Waals surface area contributed by atoms with Crippen molar-refractivity contribution in [2.45, 2.75) is 52.9 Å². The molecule has 1 aromatic heterocycles. The molecule has 0 amide bonds. The fourth-order valence-corrected chi connectivity index (χ4v) is 3.69. The van der Waals surface area contributed by atoms with Gasteiger partial charge in [0.2, 0.25) is 0 Å². The smallest absolute Gasteiger partial charge is 0.0445 e. The predicted molar refractivity (Wildman–Crippen MR) is 68.4 cm³/mol. The minimum absolute atomic E-state index is 0.371. The maximum Gasteiger partial charge on any atom is 0.0445 e. The molecule has 0 aromatic carbocycles. The Morgan fingerprint density at radius 1 is 1.06 bits per heavy atom. The van der Waals surface area contributed by atoms with Gasteiger partial charge in [-0.25, -0.2) is 0 Å². The Morgan fingerprint density at radius 2 is 1.69 bits per heavy atom. The van der Waals surface area contributed by atoms with Crippen LogP contribution in [0.4, 0.5) is 0 Å². The van der Waals surface area contributed by atoms with E-state index < -0.39 is 0 Å². The van der Waals surface area contributed by atoms with E-state index in [2.05, 4.69) is 44.8 Å². The highest BCUT2D eigenvalue weighted by atomic mass is 14.7. The van der Waals surface area contributed by atoms with Crippen LogP contribution in [0.3, 0.4) is 0 Å². The average Bonchev–Trinajstić information content (AvgIpc) is 2.16. The van der Waals surface area contributed by atoms with Crippen LogP contribution in [0.2, 0.25) is 0 Å². The monoisotopic (exact) mass is 217 g/mol. The molecule has 1 heteroatoms. The number of pyridine rings is 1. The van der Waals surface area contributed by atoms with Crippen molar-refractivity contribution >= 4 is 0 Å². The molecule has 1 fully saturated rings. The summed E-state index contributed by atoms with van der Waals surface area (Å²) in [6.07, 6.45) is 5.91. The summed E-state index contributed by atoms with van der Waals surface area (Å²) in [6.45, 7) is 9.58.